The molecule has 1 aromatic rings. The van der Waals surface area contributed by atoms with E-state index in [4.69, 9.17) is 17.3 Å². The molecule has 0 aliphatic rings. The molecule has 1 rings (SSSR count). The van der Waals surface area contributed by atoms with Crippen LogP contribution in [0.3, 0.4) is 0 Å². The van der Waals surface area contributed by atoms with Crippen molar-refractivity contribution in [1.29, 1.82) is 0 Å². The Hall–Kier alpha value is -0.580. The molecule has 0 spiro atoms. The van der Waals surface area contributed by atoms with Crippen LogP contribution in [0.1, 0.15) is 13.3 Å². The second-order valence-electron chi connectivity index (χ2n) is 3.41. The number of nitrogens with two attached hydrogens (primary N) is 1. The quantitative estimate of drug-likeness (QED) is 0.883. The average molecular weight is 248 g/mol. The first-order valence-electron chi connectivity index (χ1n) is 4.69. The van der Waals surface area contributed by atoms with Crippen molar-refractivity contribution in [2.45, 2.75) is 24.3 Å². The summed E-state index contributed by atoms with van der Waals surface area (Å²) in [4.78, 5) is 0.235. The maximum Gasteiger partial charge on any atom is 0.179 e. The fourth-order valence-electron chi connectivity index (χ4n) is 1.16. The van der Waals surface area contributed by atoms with Gasteiger partial charge in [-0.25, -0.2) is 8.42 Å². The average Bonchev–Trinajstić information content (AvgIpc) is 2.17. The first-order chi connectivity index (χ1) is 6.95. The molecule has 84 valence electrons. The van der Waals surface area contributed by atoms with Crippen molar-refractivity contribution in [2.24, 2.45) is 5.73 Å². The number of hydrogen-bond donors (Lipinski definition) is 1. The molecule has 0 radical (unpaired) electrons. The van der Waals surface area contributed by atoms with Gasteiger partial charge in [-0.3, -0.25) is 0 Å². The smallest absolute Gasteiger partial charge is 0.179 e. The van der Waals surface area contributed by atoms with Crippen molar-refractivity contribution in [1.82, 2.24) is 0 Å². The van der Waals surface area contributed by atoms with Gasteiger partial charge in [0.1, 0.15) is 0 Å². The number of rotatable bonds is 4. The Morgan fingerprint density at radius 3 is 2.67 bits per heavy atom. The maximum atomic E-state index is 11.8. The zero-order chi connectivity index (χ0) is 11.5. The third-order valence-corrected chi connectivity index (χ3v) is 4.19. The fraction of sp³-hybridized carbons (Fsp3) is 0.400. The molecule has 0 aliphatic carbocycles. The number of benzene rings is 1. The summed E-state index contributed by atoms with van der Waals surface area (Å²) >= 11 is 5.73. The van der Waals surface area contributed by atoms with E-state index in [1.807, 2.05) is 6.92 Å². The normalized spacial score (nSPS) is 13.8. The molecule has 2 N–H and O–H groups in total. The Morgan fingerprint density at radius 1 is 1.47 bits per heavy atom. The molecule has 1 unspecified atom stereocenters. The fourth-order valence-corrected chi connectivity index (χ4v) is 3.00. The predicted molar refractivity (Wildman–Crippen MR) is 61.8 cm³/mol. The van der Waals surface area contributed by atoms with Crippen LogP contribution < -0.4 is 5.73 Å². The van der Waals surface area contributed by atoms with E-state index in [2.05, 4.69) is 0 Å². The van der Waals surface area contributed by atoms with Gasteiger partial charge in [0.2, 0.25) is 0 Å². The Morgan fingerprint density at radius 2 is 2.13 bits per heavy atom. The van der Waals surface area contributed by atoms with Crippen molar-refractivity contribution >= 4 is 21.4 Å². The molecule has 0 bridgehead atoms. The van der Waals surface area contributed by atoms with Gasteiger partial charge in [-0.2, -0.15) is 0 Å². The molecule has 5 heteroatoms. The van der Waals surface area contributed by atoms with Gasteiger partial charge in [0.25, 0.3) is 0 Å². The van der Waals surface area contributed by atoms with Crippen molar-refractivity contribution in [3.63, 3.8) is 0 Å². The molecule has 0 saturated carbocycles. The SMILES string of the molecule is CCC(N)CS(=O)(=O)c1cccc(Cl)c1. The van der Waals surface area contributed by atoms with Crippen LogP contribution in [0, 0.1) is 0 Å². The zero-order valence-electron chi connectivity index (χ0n) is 8.48. The molecule has 1 atom stereocenters. The lowest BCUT2D eigenvalue weighted by atomic mass is 10.3. The molecule has 0 aromatic heterocycles. The van der Waals surface area contributed by atoms with Crippen molar-refractivity contribution in [2.75, 3.05) is 5.75 Å². The number of sulfone groups is 1. The highest BCUT2D eigenvalue weighted by Gasteiger charge is 2.17. The minimum Gasteiger partial charge on any atom is -0.327 e. The van der Waals surface area contributed by atoms with Gasteiger partial charge < -0.3 is 5.73 Å². The summed E-state index contributed by atoms with van der Waals surface area (Å²) in [5.41, 5.74) is 5.62. The van der Waals surface area contributed by atoms with Crippen LogP contribution in [-0.2, 0) is 9.84 Å². The molecule has 1 aromatic carbocycles. The lowest BCUT2D eigenvalue weighted by Crippen LogP contribution is -2.28. The third-order valence-electron chi connectivity index (χ3n) is 2.11. The van der Waals surface area contributed by atoms with Crippen molar-refractivity contribution < 1.29 is 8.42 Å². The minimum atomic E-state index is -3.30. The minimum absolute atomic E-state index is 0.0379. The second-order valence-corrected chi connectivity index (χ2v) is 5.88. The molecule has 0 heterocycles. The van der Waals surface area contributed by atoms with Gasteiger partial charge in [0.15, 0.2) is 9.84 Å². The Kier molecular flexibility index (Phi) is 4.13. The van der Waals surface area contributed by atoms with Gasteiger partial charge in [-0.15, -0.1) is 0 Å². The van der Waals surface area contributed by atoms with E-state index in [9.17, 15) is 8.42 Å². The van der Waals surface area contributed by atoms with Gasteiger partial charge in [0, 0.05) is 11.1 Å². The summed E-state index contributed by atoms with van der Waals surface area (Å²) in [7, 11) is -3.30. The van der Waals surface area contributed by atoms with Gasteiger partial charge in [-0.1, -0.05) is 24.6 Å². The number of halogens is 1. The van der Waals surface area contributed by atoms with Crippen LogP contribution >= 0.6 is 11.6 Å². The Balaban J connectivity index is 2.96. The molecule has 15 heavy (non-hydrogen) atoms. The summed E-state index contributed by atoms with van der Waals surface area (Å²) in [5, 5.41) is 0.418. The number of hydrogen-bond acceptors (Lipinski definition) is 3. The standard InChI is InChI=1S/C10H14ClNO2S/c1-2-9(12)7-15(13,14)10-5-3-4-8(11)6-10/h3-6,9H,2,7,12H2,1H3. The van der Waals surface area contributed by atoms with E-state index in [1.165, 1.54) is 12.1 Å². The maximum absolute atomic E-state index is 11.8. The highest BCUT2D eigenvalue weighted by atomic mass is 35.5. The zero-order valence-corrected chi connectivity index (χ0v) is 10.1. The van der Waals surface area contributed by atoms with Gasteiger partial charge in [0.05, 0.1) is 10.6 Å². The predicted octanol–water partition coefficient (Wildman–Crippen LogP) is 1.85. The molecule has 0 saturated heterocycles. The van der Waals surface area contributed by atoms with E-state index >= 15 is 0 Å². The van der Waals surface area contributed by atoms with Crippen LogP contribution in [0.4, 0.5) is 0 Å². The molecule has 0 fully saturated rings. The topological polar surface area (TPSA) is 60.2 Å². The highest BCUT2D eigenvalue weighted by molar-refractivity contribution is 7.91. The van der Waals surface area contributed by atoms with Crippen LogP contribution in [0.15, 0.2) is 29.2 Å². The van der Waals surface area contributed by atoms with E-state index < -0.39 is 9.84 Å². The second kappa shape index (κ2) is 4.96. The van der Waals surface area contributed by atoms with Crippen molar-refractivity contribution in [3.05, 3.63) is 29.3 Å². The van der Waals surface area contributed by atoms with E-state index in [-0.39, 0.29) is 16.7 Å². The molecule has 0 amide bonds. The molecular weight excluding hydrogens is 234 g/mol. The lowest BCUT2D eigenvalue weighted by molar-refractivity contribution is 0.584. The molecule has 3 nitrogen and oxygen atoms in total. The highest BCUT2D eigenvalue weighted by Crippen LogP contribution is 2.17. The lowest BCUT2D eigenvalue weighted by Gasteiger charge is -2.09. The Labute approximate surface area is 95.2 Å². The van der Waals surface area contributed by atoms with Crippen molar-refractivity contribution in [3.8, 4) is 0 Å². The van der Waals surface area contributed by atoms with Gasteiger partial charge in [-0.05, 0) is 24.6 Å². The first-order valence-corrected chi connectivity index (χ1v) is 6.72. The largest absolute Gasteiger partial charge is 0.327 e. The van der Waals surface area contributed by atoms with Gasteiger partial charge >= 0.3 is 0 Å². The summed E-state index contributed by atoms with van der Waals surface area (Å²) in [6.45, 7) is 1.86. The molecule has 0 aliphatic heterocycles. The van der Waals surface area contributed by atoms with Crippen LogP contribution in [0.2, 0.25) is 5.02 Å². The first kappa shape index (κ1) is 12.5. The van der Waals surface area contributed by atoms with Crippen LogP contribution in [0.5, 0.6) is 0 Å². The van der Waals surface area contributed by atoms with Crippen LogP contribution in [0.25, 0.3) is 0 Å². The summed E-state index contributed by atoms with van der Waals surface area (Å²) in [6.07, 6.45) is 0.639. The monoisotopic (exact) mass is 247 g/mol. The third kappa shape index (κ3) is 3.48. The summed E-state index contributed by atoms with van der Waals surface area (Å²) in [6, 6.07) is 5.91. The molecular formula is C10H14ClNO2S. The van der Waals surface area contributed by atoms with E-state index in [0.717, 1.165) is 0 Å². The Bertz CT molecular complexity index is 431. The van der Waals surface area contributed by atoms with Crippen LogP contribution in [-0.4, -0.2) is 20.2 Å². The van der Waals surface area contributed by atoms with E-state index in [0.29, 0.717) is 11.4 Å². The summed E-state index contributed by atoms with van der Waals surface area (Å²) in [5.74, 6) is -0.0379. The van der Waals surface area contributed by atoms with E-state index in [1.54, 1.807) is 12.1 Å². The summed E-state index contributed by atoms with van der Waals surface area (Å²) < 4.78 is 23.6.